The summed E-state index contributed by atoms with van der Waals surface area (Å²) in [6.07, 6.45) is 3.89. The molecule has 0 radical (unpaired) electrons. The fourth-order valence-electron chi connectivity index (χ4n) is 3.16. The van der Waals surface area contributed by atoms with Crippen LogP contribution < -0.4 is 10.6 Å². The number of amides is 2. The minimum atomic E-state index is -0.0948. The highest BCUT2D eigenvalue weighted by Gasteiger charge is 2.12. The number of carbonyl (C=O) groups is 2. The number of aromatic nitrogens is 1. The van der Waals surface area contributed by atoms with E-state index in [0.717, 1.165) is 18.4 Å². The summed E-state index contributed by atoms with van der Waals surface area (Å²) < 4.78 is 0. The molecular formula is C25H27N3O2. The molecule has 2 N–H and O–H groups in total. The van der Waals surface area contributed by atoms with Gasteiger partial charge in [-0.05, 0) is 49.6 Å². The summed E-state index contributed by atoms with van der Waals surface area (Å²) in [5, 5.41) is 5.93. The third-order valence-electron chi connectivity index (χ3n) is 4.91. The second kappa shape index (κ2) is 10.3. The van der Waals surface area contributed by atoms with Crippen LogP contribution in [0.2, 0.25) is 0 Å². The smallest absolute Gasteiger partial charge is 0.251 e. The van der Waals surface area contributed by atoms with E-state index in [1.807, 2.05) is 43.3 Å². The first-order valence-electron chi connectivity index (χ1n) is 10.3. The monoisotopic (exact) mass is 401 g/mol. The molecule has 0 fully saturated rings. The van der Waals surface area contributed by atoms with E-state index < -0.39 is 0 Å². The van der Waals surface area contributed by atoms with Gasteiger partial charge in [0.1, 0.15) is 0 Å². The zero-order chi connectivity index (χ0) is 21.3. The molecule has 3 rings (SSSR count). The fraction of sp³-hybridized carbons (Fsp3) is 0.240. The van der Waals surface area contributed by atoms with Crippen molar-refractivity contribution in [2.24, 2.45) is 0 Å². The van der Waals surface area contributed by atoms with Crippen molar-refractivity contribution in [2.75, 3.05) is 5.32 Å². The molecule has 5 nitrogen and oxygen atoms in total. The Balaban J connectivity index is 1.63. The minimum Gasteiger partial charge on any atom is -0.350 e. The number of hydrogen-bond donors (Lipinski definition) is 2. The van der Waals surface area contributed by atoms with Gasteiger partial charge >= 0.3 is 0 Å². The topological polar surface area (TPSA) is 71.1 Å². The molecule has 0 aliphatic heterocycles. The lowest BCUT2D eigenvalue weighted by atomic mass is 10.0. The average molecular weight is 402 g/mol. The van der Waals surface area contributed by atoms with Crippen LogP contribution in [0.5, 0.6) is 0 Å². The molecule has 30 heavy (non-hydrogen) atoms. The maximum atomic E-state index is 12.6. The van der Waals surface area contributed by atoms with E-state index >= 15 is 0 Å². The van der Waals surface area contributed by atoms with Crippen LogP contribution in [0.3, 0.4) is 0 Å². The summed E-state index contributed by atoms with van der Waals surface area (Å²) in [6.45, 7) is 3.82. The van der Waals surface area contributed by atoms with Gasteiger partial charge in [-0.3, -0.25) is 14.6 Å². The van der Waals surface area contributed by atoms with Crippen LogP contribution >= 0.6 is 0 Å². The Morgan fingerprint density at radius 1 is 0.967 bits per heavy atom. The minimum absolute atomic E-state index is 0.0651. The second-order valence-electron chi connectivity index (χ2n) is 7.28. The first kappa shape index (κ1) is 21.2. The van der Waals surface area contributed by atoms with E-state index in [9.17, 15) is 9.59 Å². The van der Waals surface area contributed by atoms with E-state index in [2.05, 4.69) is 27.8 Å². The number of pyridine rings is 1. The van der Waals surface area contributed by atoms with Gasteiger partial charge < -0.3 is 10.6 Å². The molecule has 154 valence electrons. The van der Waals surface area contributed by atoms with Crippen molar-refractivity contribution >= 4 is 17.5 Å². The predicted octanol–water partition coefficient (Wildman–Crippen LogP) is 4.85. The number of rotatable bonds is 8. The largest absolute Gasteiger partial charge is 0.350 e. The third kappa shape index (κ3) is 5.77. The number of anilines is 1. The highest BCUT2D eigenvalue weighted by Crippen LogP contribution is 2.26. The van der Waals surface area contributed by atoms with Crippen molar-refractivity contribution in [3.8, 4) is 11.3 Å². The molecule has 0 aliphatic rings. The molecule has 2 aromatic carbocycles. The van der Waals surface area contributed by atoms with Gasteiger partial charge in [-0.2, -0.15) is 0 Å². The van der Waals surface area contributed by atoms with Gasteiger partial charge in [-0.1, -0.05) is 49.4 Å². The molecule has 0 aliphatic carbocycles. The van der Waals surface area contributed by atoms with Crippen LogP contribution in [-0.4, -0.2) is 22.8 Å². The Hall–Kier alpha value is -3.47. The summed E-state index contributed by atoms with van der Waals surface area (Å²) in [5.74, 6) is -0.160. The molecule has 0 spiro atoms. The molecule has 0 saturated heterocycles. The molecule has 1 atom stereocenters. The Labute approximate surface area is 177 Å². The van der Waals surface area contributed by atoms with Gasteiger partial charge in [0.05, 0.1) is 11.4 Å². The normalized spacial score (nSPS) is 11.5. The Morgan fingerprint density at radius 3 is 2.40 bits per heavy atom. The van der Waals surface area contributed by atoms with Gasteiger partial charge in [-0.25, -0.2) is 0 Å². The van der Waals surface area contributed by atoms with Gasteiger partial charge in [0.15, 0.2) is 0 Å². The van der Waals surface area contributed by atoms with Crippen molar-refractivity contribution in [1.82, 2.24) is 10.3 Å². The van der Waals surface area contributed by atoms with Gasteiger partial charge in [0.25, 0.3) is 5.91 Å². The summed E-state index contributed by atoms with van der Waals surface area (Å²) >= 11 is 0. The van der Waals surface area contributed by atoms with E-state index in [1.165, 1.54) is 5.56 Å². The van der Waals surface area contributed by atoms with Crippen molar-refractivity contribution < 1.29 is 9.59 Å². The number of nitrogens with one attached hydrogen (secondary N) is 2. The SMILES string of the molecule is CCC(=O)Nc1cccnc1-c1ccc(C(=O)NC(C)CCc2ccccc2)cc1. The van der Waals surface area contributed by atoms with E-state index in [4.69, 9.17) is 0 Å². The molecule has 1 heterocycles. The van der Waals surface area contributed by atoms with E-state index in [0.29, 0.717) is 23.4 Å². The number of hydrogen-bond acceptors (Lipinski definition) is 3. The van der Waals surface area contributed by atoms with Crippen LogP contribution in [0.15, 0.2) is 72.9 Å². The predicted molar refractivity (Wildman–Crippen MR) is 120 cm³/mol. The standard InChI is InChI=1S/C25H27N3O2/c1-3-23(29)28-22-10-7-17-26-24(22)20-13-15-21(16-14-20)25(30)27-18(2)11-12-19-8-5-4-6-9-19/h4-10,13-18H,3,11-12H2,1-2H3,(H,27,30)(H,28,29). The molecule has 0 bridgehead atoms. The lowest BCUT2D eigenvalue weighted by Crippen LogP contribution is -2.32. The third-order valence-corrected chi connectivity index (χ3v) is 4.91. The van der Waals surface area contributed by atoms with E-state index in [-0.39, 0.29) is 17.9 Å². The van der Waals surface area contributed by atoms with Gasteiger partial charge in [0, 0.05) is 29.8 Å². The Bertz CT molecular complexity index is 985. The van der Waals surface area contributed by atoms with Crippen LogP contribution in [0.4, 0.5) is 5.69 Å². The van der Waals surface area contributed by atoms with E-state index in [1.54, 1.807) is 31.3 Å². The maximum Gasteiger partial charge on any atom is 0.251 e. The number of nitrogens with zero attached hydrogens (tertiary/aromatic N) is 1. The summed E-state index contributed by atoms with van der Waals surface area (Å²) in [4.78, 5) is 28.7. The quantitative estimate of drug-likeness (QED) is 0.567. The van der Waals surface area contributed by atoms with Crippen molar-refractivity contribution in [1.29, 1.82) is 0 Å². The molecule has 0 saturated carbocycles. The highest BCUT2D eigenvalue weighted by molar-refractivity contribution is 5.96. The van der Waals surface area contributed by atoms with Crippen LogP contribution in [0.25, 0.3) is 11.3 Å². The number of benzene rings is 2. The molecule has 2 amide bonds. The van der Waals surface area contributed by atoms with Gasteiger partial charge in [-0.15, -0.1) is 0 Å². The van der Waals surface area contributed by atoms with Crippen LogP contribution in [0.1, 0.15) is 42.6 Å². The average Bonchev–Trinajstić information content (AvgIpc) is 2.79. The Morgan fingerprint density at radius 2 is 1.70 bits per heavy atom. The number of aryl methyl sites for hydroxylation is 1. The zero-order valence-electron chi connectivity index (χ0n) is 17.4. The first-order valence-corrected chi connectivity index (χ1v) is 10.3. The maximum absolute atomic E-state index is 12.6. The van der Waals surface area contributed by atoms with Gasteiger partial charge in [0.2, 0.25) is 5.91 Å². The van der Waals surface area contributed by atoms with Crippen LogP contribution in [-0.2, 0) is 11.2 Å². The van der Waals surface area contributed by atoms with Crippen molar-refractivity contribution in [3.63, 3.8) is 0 Å². The molecular weight excluding hydrogens is 374 g/mol. The second-order valence-corrected chi connectivity index (χ2v) is 7.28. The number of carbonyl (C=O) groups excluding carboxylic acids is 2. The first-order chi connectivity index (χ1) is 14.6. The highest BCUT2D eigenvalue weighted by atomic mass is 16.2. The lowest BCUT2D eigenvalue weighted by molar-refractivity contribution is -0.115. The fourth-order valence-corrected chi connectivity index (χ4v) is 3.16. The zero-order valence-corrected chi connectivity index (χ0v) is 17.4. The molecule has 1 unspecified atom stereocenters. The van der Waals surface area contributed by atoms with Crippen molar-refractivity contribution in [2.45, 2.75) is 39.2 Å². The van der Waals surface area contributed by atoms with Crippen LogP contribution in [0, 0.1) is 0 Å². The summed E-state index contributed by atoms with van der Waals surface area (Å²) in [7, 11) is 0. The summed E-state index contributed by atoms with van der Waals surface area (Å²) in [6, 6.07) is 21.2. The molecule has 5 heteroatoms. The summed E-state index contributed by atoms with van der Waals surface area (Å²) in [5.41, 5.74) is 4.05. The Kier molecular flexibility index (Phi) is 7.33. The molecule has 1 aromatic heterocycles. The van der Waals surface area contributed by atoms with Crippen molar-refractivity contribution in [3.05, 3.63) is 84.1 Å². The lowest BCUT2D eigenvalue weighted by Gasteiger charge is -2.14. The molecule has 3 aromatic rings.